The van der Waals surface area contributed by atoms with E-state index in [2.05, 4.69) is 6.07 Å². The average Bonchev–Trinajstić information content (AvgIpc) is 3.26. The van der Waals surface area contributed by atoms with E-state index in [1.807, 2.05) is 65.6 Å². The first-order valence-electron chi connectivity index (χ1n) is 9.14. The van der Waals surface area contributed by atoms with Crippen molar-refractivity contribution in [2.45, 2.75) is 18.3 Å². The maximum Gasteiger partial charge on any atom is 0.254 e. The van der Waals surface area contributed by atoms with Gasteiger partial charge in [-0.05, 0) is 23.8 Å². The Morgan fingerprint density at radius 2 is 1.64 bits per heavy atom. The van der Waals surface area contributed by atoms with Gasteiger partial charge in [0.15, 0.2) is 0 Å². The Hall–Kier alpha value is -3.62. The number of hydrogen-bond acceptors (Lipinski definition) is 4. The average molecular weight is 367 g/mol. The second-order valence-corrected chi connectivity index (χ2v) is 7.01. The lowest BCUT2D eigenvalue weighted by atomic mass is 10.0. The molecule has 0 aliphatic carbocycles. The van der Waals surface area contributed by atoms with E-state index in [4.69, 9.17) is 0 Å². The van der Waals surface area contributed by atoms with Gasteiger partial charge in [-0.3, -0.25) is 9.69 Å². The summed E-state index contributed by atoms with van der Waals surface area (Å²) in [5.41, 5.74) is 2.27. The number of carbonyl (C=O) groups is 1. The van der Waals surface area contributed by atoms with Crippen LogP contribution in [0.3, 0.4) is 0 Å². The monoisotopic (exact) mass is 367 g/mol. The lowest BCUT2D eigenvalue weighted by Gasteiger charge is -2.30. The van der Waals surface area contributed by atoms with Crippen LogP contribution in [0.25, 0.3) is 10.8 Å². The first-order valence-corrected chi connectivity index (χ1v) is 9.14. The lowest BCUT2D eigenvalue weighted by Crippen LogP contribution is -2.36. The van der Waals surface area contributed by atoms with Gasteiger partial charge in [0.25, 0.3) is 5.91 Å². The predicted molar refractivity (Wildman–Crippen MR) is 106 cm³/mol. The van der Waals surface area contributed by atoms with Crippen LogP contribution in [0.1, 0.15) is 17.3 Å². The molecule has 0 saturated carbocycles. The number of aliphatic hydroxyl groups is 1. The highest BCUT2D eigenvalue weighted by Gasteiger charge is 2.51. The third-order valence-electron chi connectivity index (χ3n) is 5.50. The van der Waals surface area contributed by atoms with Crippen molar-refractivity contribution in [3.63, 3.8) is 0 Å². The first kappa shape index (κ1) is 16.5. The number of fused-ring (bicyclic) bond motifs is 2. The number of nitriles is 1. The van der Waals surface area contributed by atoms with Gasteiger partial charge in [-0.2, -0.15) is 5.26 Å². The van der Waals surface area contributed by atoms with Gasteiger partial charge in [-0.15, -0.1) is 0 Å². The molecule has 5 nitrogen and oxygen atoms in total. The minimum absolute atomic E-state index is 0.152. The van der Waals surface area contributed by atoms with Gasteiger partial charge in [0, 0.05) is 17.0 Å². The summed E-state index contributed by atoms with van der Waals surface area (Å²) in [7, 11) is 0. The summed E-state index contributed by atoms with van der Waals surface area (Å²) in [6, 6.07) is 22.6. The lowest BCUT2D eigenvalue weighted by molar-refractivity contribution is -0.120. The highest BCUT2D eigenvalue weighted by molar-refractivity contribution is 6.09. The number of amides is 1. The summed E-state index contributed by atoms with van der Waals surface area (Å²) in [6.45, 7) is 0. The molecule has 3 aromatic rings. The fraction of sp³-hybridized carbons (Fsp3) is 0.130. The van der Waals surface area contributed by atoms with E-state index in [9.17, 15) is 15.2 Å². The molecule has 1 N–H and O–H groups in total. The van der Waals surface area contributed by atoms with E-state index < -0.39 is 12.1 Å². The van der Waals surface area contributed by atoms with Gasteiger partial charge in [0.05, 0.1) is 17.3 Å². The van der Waals surface area contributed by atoms with Gasteiger partial charge in [0.2, 0.25) is 0 Å². The third kappa shape index (κ3) is 2.25. The van der Waals surface area contributed by atoms with Crippen LogP contribution < -0.4 is 4.90 Å². The zero-order chi connectivity index (χ0) is 19.3. The van der Waals surface area contributed by atoms with E-state index in [0.29, 0.717) is 5.56 Å². The van der Waals surface area contributed by atoms with Gasteiger partial charge in [-0.25, -0.2) is 0 Å². The van der Waals surface area contributed by atoms with Gasteiger partial charge < -0.3 is 10.0 Å². The normalized spacial score (nSPS) is 23.3. The molecule has 3 aromatic carbocycles. The maximum absolute atomic E-state index is 13.4. The molecule has 2 aliphatic heterocycles. The van der Waals surface area contributed by atoms with E-state index in [-0.39, 0.29) is 12.1 Å². The molecule has 3 atom stereocenters. The van der Waals surface area contributed by atoms with Crippen LogP contribution in [0.4, 0.5) is 5.69 Å². The maximum atomic E-state index is 13.4. The van der Waals surface area contributed by atoms with Crippen LogP contribution >= 0.6 is 0 Å². The molecule has 2 aliphatic rings. The van der Waals surface area contributed by atoms with E-state index in [0.717, 1.165) is 22.0 Å². The minimum atomic E-state index is -0.839. The SMILES string of the molecule is N#Cc1ccc(N2C(=O)[C@@H]3[C@@H](O)C=CN3[C@H]2c2ccccc2)c2ccccc12. The quantitative estimate of drug-likeness (QED) is 0.755. The first-order chi connectivity index (χ1) is 13.7. The van der Waals surface area contributed by atoms with Crippen molar-refractivity contribution >= 4 is 22.4 Å². The Bertz CT molecular complexity index is 1150. The standard InChI is InChI=1S/C23H17N3O2/c24-14-16-10-11-19(18-9-5-4-8-17(16)18)26-22(15-6-2-1-3-7-15)25-13-12-20(27)21(25)23(26)28/h1-13,20-22,27H/t20-,21-,22+/m0/s1. The molecule has 0 spiro atoms. The van der Waals surface area contributed by atoms with Gasteiger partial charge in [-0.1, -0.05) is 54.6 Å². The molecule has 136 valence electrons. The molecule has 0 unspecified atom stereocenters. The summed E-state index contributed by atoms with van der Waals surface area (Å²) in [4.78, 5) is 17.1. The largest absolute Gasteiger partial charge is 0.386 e. The molecule has 0 aromatic heterocycles. The van der Waals surface area contributed by atoms with Crippen LogP contribution in [0.5, 0.6) is 0 Å². The molecule has 1 fully saturated rings. The van der Waals surface area contributed by atoms with Crippen LogP contribution in [0.15, 0.2) is 79.0 Å². The Morgan fingerprint density at radius 1 is 0.929 bits per heavy atom. The van der Waals surface area contributed by atoms with Crippen molar-refractivity contribution in [2.24, 2.45) is 0 Å². The molecule has 1 saturated heterocycles. The summed E-state index contributed by atoms with van der Waals surface area (Å²) >= 11 is 0. The van der Waals surface area contributed by atoms with E-state index >= 15 is 0 Å². The Labute approximate surface area is 162 Å². The third-order valence-corrected chi connectivity index (χ3v) is 5.50. The van der Waals surface area contributed by atoms with Crippen molar-refractivity contribution < 1.29 is 9.90 Å². The summed E-state index contributed by atoms with van der Waals surface area (Å²) in [5.74, 6) is -0.152. The minimum Gasteiger partial charge on any atom is -0.386 e. The number of carbonyl (C=O) groups excluding carboxylic acids is 1. The Balaban J connectivity index is 1.74. The molecule has 5 heteroatoms. The number of aliphatic hydroxyl groups excluding tert-OH is 1. The molecule has 5 rings (SSSR count). The summed E-state index contributed by atoms with van der Waals surface area (Å²) < 4.78 is 0. The molecule has 28 heavy (non-hydrogen) atoms. The molecule has 0 radical (unpaired) electrons. The zero-order valence-electron chi connectivity index (χ0n) is 14.9. The summed E-state index contributed by atoms with van der Waals surface area (Å²) in [5, 5.41) is 21.5. The highest BCUT2D eigenvalue weighted by Crippen LogP contribution is 2.44. The van der Waals surface area contributed by atoms with Crippen LogP contribution in [-0.2, 0) is 4.79 Å². The fourth-order valence-electron chi connectivity index (χ4n) is 4.25. The summed E-state index contributed by atoms with van der Waals surface area (Å²) in [6.07, 6.45) is 2.26. The van der Waals surface area contributed by atoms with Crippen molar-refractivity contribution in [1.29, 1.82) is 5.26 Å². The van der Waals surface area contributed by atoms with Crippen molar-refractivity contribution in [3.8, 4) is 6.07 Å². The second-order valence-electron chi connectivity index (χ2n) is 7.01. The number of rotatable bonds is 2. The molecule has 2 heterocycles. The van der Waals surface area contributed by atoms with E-state index in [1.165, 1.54) is 0 Å². The van der Waals surface area contributed by atoms with E-state index in [1.54, 1.807) is 23.2 Å². The van der Waals surface area contributed by atoms with Gasteiger partial charge >= 0.3 is 0 Å². The molecule has 0 bridgehead atoms. The second kappa shape index (κ2) is 6.22. The predicted octanol–water partition coefficient (Wildman–Crippen LogP) is 3.32. The van der Waals surface area contributed by atoms with Gasteiger partial charge in [0.1, 0.15) is 18.3 Å². The number of hydrogen-bond donors (Lipinski definition) is 1. The van der Waals surface area contributed by atoms with Crippen LogP contribution in [0, 0.1) is 11.3 Å². The molecule has 1 amide bonds. The number of nitrogens with zero attached hydrogens (tertiary/aromatic N) is 3. The topological polar surface area (TPSA) is 67.6 Å². The molecular formula is C23H17N3O2. The smallest absolute Gasteiger partial charge is 0.254 e. The fourth-order valence-corrected chi connectivity index (χ4v) is 4.25. The van der Waals surface area contributed by atoms with Crippen LogP contribution in [-0.4, -0.2) is 28.1 Å². The van der Waals surface area contributed by atoms with Crippen molar-refractivity contribution in [2.75, 3.05) is 4.90 Å². The Morgan fingerprint density at radius 3 is 2.39 bits per heavy atom. The zero-order valence-corrected chi connectivity index (χ0v) is 14.9. The van der Waals surface area contributed by atoms with Crippen molar-refractivity contribution in [1.82, 2.24) is 4.90 Å². The van der Waals surface area contributed by atoms with Crippen LogP contribution in [0.2, 0.25) is 0 Å². The molecular weight excluding hydrogens is 350 g/mol. The van der Waals surface area contributed by atoms with Crippen molar-refractivity contribution in [3.05, 3.63) is 90.1 Å². The number of anilines is 1. The Kier molecular flexibility index (Phi) is 3.68. The highest BCUT2D eigenvalue weighted by atomic mass is 16.3. The number of benzene rings is 3.